The van der Waals surface area contributed by atoms with Gasteiger partial charge in [-0.25, -0.2) is 18.2 Å². The Labute approximate surface area is 82.6 Å². The molecule has 0 unspecified atom stereocenters. The van der Waals surface area contributed by atoms with Crippen molar-refractivity contribution in [3.63, 3.8) is 0 Å². The maximum Gasteiger partial charge on any atom is 0.195 e. The Morgan fingerprint density at radius 1 is 1.13 bits per heavy atom. The first-order chi connectivity index (χ1) is 7.15. The zero-order chi connectivity index (χ0) is 11.0. The summed E-state index contributed by atoms with van der Waals surface area (Å²) in [6.45, 7) is 0. The van der Waals surface area contributed by atoms with Gasteiger partial charge in [-0.1, -0.05) is 0 Å². The summed E-state index contributed by atoms with van der Waals surface area (Å²) in [6, 6.07) is 3.63. The predicted molar refractivity (Wildman–Crippen MR) is 46.3 cm³/mol. The summed E-state index contributed by atoms with van der Waals surface area (Å²) in [5.41, 5.74) is -0.134. The normalized spacial score (nSPS) is 10.3. The van der Waals surface area contributed by atoms with Gasteiger partial charge < -0.3 is 0 Å². The maximum absolute atomic E-state index is 13.2. The van der Waals surface area contributed by atoms with Crippen molar-refractivity contribution in [3.05, 3.63) is 41.5 Å². The standard InChI is InChI=1S/C10H3F3N2/c11-7-3-6-5(9(12)10(7)13)1-2-15-8(6)4-14/h1-3H. The maximum atomic E-state index is 13.2. The van der Waals surface area contributed by atoms with E-state index in [1.165, 1.54) is 12.3 Å². The summed E-state index contributed by atoms with van der Waals surface area (Å²) in [4.78, 5) is 3.62. The van der Waals surface area contributed by atoms with Gasteiger partial charge in [-0.3, -0.25) is 0 Å². The number of hydrogen-bond donors (Lipinski definition) is 0. The van der Waals surface area contributed by atoms with Gasteiger partial charge in [0.05, 0.1) is 0 Å². The molecule has 0 saturated carbocycles. The van der Waals surface area contributed by atoms with Crippen LogP contribution in [0.15, 0.2) is 18.3 Å². The van der Waals surface area contributed by atoms with Crippen LogP contribution in [-0.2, 0) is 0 Å². The number of benzene rings is 1. The van der Waals surface area contributed by atoms with Crippen LogP contribution in [0, 0.1) is 28.8 Å². The lowest BCUT2D eigenvalue weighted by Crippen LogP contribution is -1.95. The SMILES string of the molecule is N#Cc1nccc2c(F)c(F)c(F)cc12. The van der Waals surface area contributed by atoms with Crippen LogP contribution < -0.4 is 0 Å². The van der Waals surface area contributed by atoms with E-state index in [1.807, 2.05) is 0 Å². The average molecular weight is 208 g/mol. The van der Waals surface area contributed by atoms with Crippen molar-refractivity contribution in [2.24, 2.45) is 0 Å². The van der Waals surface area contributed by atoms with Gasteiger partial charge >= 0.3 is 0 Å². The summed E-state index contributed by atoms with van der Waals surface area (Å²) in [6.07, 6.45) is 1.17. The van der Waals surface area contributed by atoms with Crippen molar-refractivity contribution in [2.45, 2.75) is 0 Å². The molecule has 0 aliphatic heterocycles. The topological polar surface area (TPSA) is 36.7 Å². The Balaban J connectivity index is 2.99. The molecule has 0 aliphatic carbocycles. The molecular formula is C10H3F3N2. The lowest BCUT2D eigenvalue weighted by atomic mass is 10.1. The van der Waals surface area contributed by atoms with Crippen LogP contribution in [0.2, 0.25) is 0 Å². The quantitative estimate of drug-likeness (QED) is 0.623. The molecule has 2 rings (SSSR count). The summed E-state index contributed by atoms with van der Waals surface area (Å²) in [7, 11) is 0. The Morgan fingerprint density at radius 2 is 1.87 bits per heavy atom. The van der Waals surface area contributed by atoms with E-state index in [0.717, 1.165) is 6.07 Å². The third kappa shape index (κ3) is 1.31. The number of hydrogen-bond acceptors (Lipinski definition) is 2. The zero-order valence-electron chi connectivity index (χ0n) is 7.26. The van der Waals surface area contributed by atoms with Gasteiger partial charge in [-0.15, -0.1) is 0 Å². The molecule has 0 spiro atoms. The molecule has 2 aromatic rings. The van der Waals surface area contributed by atoms with Gasteiger partial charge in [0.2, 0.25) is 0 Å². The van der Waals surface area contributed by atoms with Gasteiger partial charge in [-0.05, 0) is 12.1 Å². The highest BCUT2D eigenvalue weighted by atomic mass is 19.2. The lowest BCUT2D eigenvalue weighted by molar-refractivity contribution is 0.453. The molecule has 0 saturated heterocycles. The number of halogens is 3. The third-order valence-electron chi connectivity index (χ3n) is 2.01. The number of nitriles is 1. The van der Waals surface area contributed by atoms with E-state index >= 15 is 0 Å². The van der Waals surface area contributed by atoms with E-state index in [4.69, 9.17) is 5.26 Å². The lowest BCUT2D eigenvalue weighted by Gasteiger charge is -2.02. The summed E-state index contributed by atoms with van der Waals surface area (Å²) in [5.74, 6) is -4.18. The second-order valence-electron chi connectivity index (χ2n) is 2.85. The second-order valence-corrected chi connectivity index (χ2v) is 2.85. The van der Waals surface area contributed by atoms with Crippen LogP contribution in [0.3, 0.4) is 0 Å². The first-order valence-electron chi connectivity index (χ1n) is 3.97. The molecule has 0 radical (unpaired) electrons. The first-order valence-corrected chi connectivity index (χ1v) is 3.97. The fraction of sp³-hybridized carbons (Fsp3) is 0. The van der Waals surface area contributed by atoms with Crippen molar-refractivity contribution >= 4 is 10.8 Å². The molecule has 74 valence electrons. The van der Waals surface area contributed by atoms with Crippen molar-refractivity contribution in [2.75, 3.05) is 0 Å². The minimum absolute atomic E-state index is 0.0311. The fourth-order valence-electron chi connectivity index (χ4n) is 1.31. The Morgan fingerprint density at radius 3 is 2.53 bits per heavy atom. The average Bonchev–Trinajstić information content (AvgIpc) is 2.25. The molecule has 0 fully saturated rings. The smallest absolute Gasteiger partial charge is 0.195 e. The van der Waals surface area contributed by atoms with Crippen molar-refractivity contribution in [1.82, 2.24) is 4.98 Å². The monoisotopic (exact) mass is 208 g/mol. The molecule has 2 nitrogen and oxygen atoms in total. The van der Waals surface area contributed by atoms with E-state index in [-0.39, 0.29) is 16.5 Å². The number of nitrogens with zero attached hydrogens (tertiary/aromatic N) is 2. The highest BCUT2D eigenvalue weighted by molar-refractivity contribution is 5.86. The van der Waals surface area contributed by atoms with Crippen LogP contribution in [0.1, 0.15) is 5.69 Å². The van der Waals surface area contributed by atoms with E-state index in [1.54, 1.807) is 6.07 Å². The van der Waals surface area contributed by atoms with Gasteiger partial charge in [0.25, 0.3) is 0 Å². The molecule has 0 bridgehead atoms. The summed E-state index contributed by atoms with van der Waals surface area (Å²) in [5, 5.41) is 8.45. The van der Waals surface area contributed by atoms with E-state index in [2.05, 4.69) is 4.98 Å². The van der Waals surface area contributed by atoms with Gasteiger partial charge in [0, 0.05) is 17.0 Å². The minimum atomic E-state index is -1.54. The van der Waals surface area contributed by atoms with Gasteiger partial charge in [0.15, 0.2) is 17.5 Å². The van der Waals surface area contributed by atoms with Gasteiger partial charge in [-0.2, -0.15) is 5.26 Å². The molecule has 5 heteroatoms. The molecule has 1 aromatic carbocycles. The predicted octanol–water partition coefficient (Wildman–Crippen LogP) is 2.52. The molecule has 0 N–H and O–H groups in total. The Hall–Kier alpha value is -2.09. The zero-order valence-corrected chi connectivity index (χ0v) is 7.26. The van der Waals surface area contributed by atoms with Crippen LogP contribution in [-0.4, -0.2) is 4.98 Å². The molecule has 1 heterocycles. The van der Waals surface area contributed by atoms with E-state index in [0.29, 0.717) is 0 Å². The van der Waals surface area contributed by atoms with Crippen LogP contribution in [0.5, 0.6) is 0 Å². The molecular weight excluding hydrogens is 205 g/mol. The number of fused-ring (bicyclic) bond motifs is 1. The van der Waals surface area contributed by atoms with Crippen molar-refractivity contribution in [3.8, 4) is 6.07 Å². The number of aromatic nitrogens is 1. The minimum Gasteiger partial charge on any atom is -0.245 e. The summed E-state index contributed by atoms with van der Waals surface area (Å²) < 4.78 is 38.9. The number of rotatable bonds is 0. The van der Waals surface area contributed by atoms with Crippen LogP contribution in [0.4, 0.5) is 13.2 Å². The molecule has 0 atom stereocenters. The molecule has 1 aromatic heterocycles. The highest BCUT2D eigenvalue weighted by Crippen LogP contribution is 2.24. The highest BCUT2D eigenvalue weighted by Gasteiger charge is 2.15. The van der Waals surface area contributed by atoms with Gasteiger partial charge in [0.1, 0.15) is 11.8 Å². The second kappa shape index (κ2) is 3.24. The van der Waals surface area contributed by atoms with E-state index < -0.39 is 17.5 Å². The number of pyridine rings is 1. The van der Waals surface area contributed by atoms with Crippen LogP contribution >= 0.6 is 0 Å². The molecule has 15 heavy (non-hydrogen) atoms. The first kappa shape index (κ1) is 9.46. The molecule has 0 aliphatic rings. The van der Waals surface area contributed by atoms with Crippen molar-refractivity contribution in [1.29, 1.82) is 5.26 Å². The van der Waals surface area contributed by atoms with E-state index in [9.17, 15) is 13.2 Å². The van der Waals surface area contributed by atoms with Crippen LogP contribution in [0.25, 0.3) is 10.8 Å². The Kier molecular flexibility index (Phi) is 2.05. The molecule has 0 amide bonds. The Bertz CT molecular complexity index is 587. The largest absolute Gasteiger partial charge is 0.245 e. The summed E-state index contributed by atoms with van der Waals surface area (Å²) >= 11 is 0. The van der Waals surface area contributed by atoms with Crippen molar-refractivity contribution < 1.29 is 13.2 Å². The third-order valence-corrected chi connectivity index (χ3v) is 2.01. The fourth-order valence-corrected chi connectivity index (χ4v) is 1.31.